The number of rotatable bonds is 0. The smallest absolute Gasteiger partial charge is 0.192 e. The number of nitrogens with zero attached hydrogens (tertiary/aromatic N) is 1. The summed E-state index contributed by atoms with van der Waals surface area (Å²) in [6.07, 6.45) is 3.55. The largest absolute Gasteiger partial charge is 0.221 e. The molecule has 1 heteroatoms. The van der Waals surface area contributed by atoms with Crippen molar-refractivity contribution in [2.75, 3.05) is 0 Å². The van der Waals surface area contributed by atoms with Gasteiger partial charge >= 0.3 is 0 Å². The molecule has 2 atom stereocenters. The van der Waals surface area contributed by atoms with Gasteiger partial charge in [-0.15, -0.1) is 0 Å². The van der Waals surface area contributed by atoms with Gasteiger partial charge in [-0.2, -0.15) is 4.57 Å². The van der Waals surface area contributed by atoms with Crippen LogP contribution in [0.3, 0.4) is 0 Å². The molecule has 2 unspecified atom stereocenters. The van der Waals surface area contributed by atoms with E-state index < -0.39 is 0 Å². The van der Waals surface area contributed by atoms with Crippen LogP contribution in [0.15, 0.2) is 42.6 Å². The lowest BCUT2D eigenvalue weighted by molar-refractivity contribution is -0.730. The van der Waals surface area contributed by atoms with E-state index in [9.17, 15) is 0 Å². The first-order chi connectivity index (χ1) is 12.3. The molecule has 0 saturated heterocycles. The van der Waals surface area contributed by atoms with Crippen LogP contribution in [0.1, 0.15) is 56.4 Å². The van der Waals surface area contributed by atoms with Crippen molar-refractivity contribution in [3.05, 3.63) is 64.8 Å². The number of hydrogen-bond donors (Lipinski definition) is 0. The number of aromatic nitrogens is 1. The van der Waals surface area contributed by atoms with Crippen LogP contribution in [-0.2, 0) is 11.0 Å². The van der Waals surface area contributed by atoms with Crippen LogP contribution in [0, 0.1) is 20.8 Å². The summed E-state index contributed by atoms with van der Waals surface area (Å²) in [5, 5.41) is 2.73. The van der Waals surface area contributed by atoms with E-state index in [1.165, 1.54) is 45.1 Å². The molecule has 1 saturated carbocycles. The first kappa shape index (κ1) is 17.3. The Bertz CT molecular complexity index is 1050. The fraction of sp³-hybridized carbons (Fsp3) is 0.400. The Kier molecular flexibility index (Phi) is 3.60. The van der Waals surface area contributed by atoms with Gasteiger partial charge in [-0.25, -0.2) is 0 Å². The minimum atomic E-state index is 0.202. The molecular formula is C25H30N+. The normalized spacial score (nSPS) is 24.9. The van der Waals surface area contributed by atoms with E-state index in [1.807, 2.05) is 13.8 Å². The minimum Gasteiger partial charge on any atom is -0.192 e. The van der Waals surface area contributed by atoms with Gasteiger partial charge in [0.25, 0.3) is 0 Å². The Morgan fingerprint density at radius 2 is 1.62 bits per heavy atom. The summed E-state index contributed by atoms with van der Waals surface area (Å²) in [5.74, 6) is 0. The maximum Gasteiger partial charge on any atom is 0.221 e. The van der Waals surface area contributed by atoms with Crippen LogP contribution in [0.4, 0.5) is 0 Å². The van der Waals surface area contributed by atoms with Crippen molar-refractivity contribution in [1.29, 1.82) is 0 Å². The Morgan fingerprint density at radius 3 is 2.35 bits per heavy atom. The maximum atomic E-state index is 2.57. The molecule has 1 fully saturated rings. The highest BCUT2D eigenvalue weighted by Crippen LogP contribution is 2.64. The van der Waals surface area contributed by atoms with Gasteiger partial charge in [-0.05, 0) is 56.3 Å². The zero-order chi connectivity index (χ0) is 18.9. The molecule has 0 amide bonds. The summed E-state index contributed by atoms with van der Waals surface area (Å²) >= 11 is 0. The monoisotopic (exact) mass is 344 g/mol. The van der Waals surface area contributed by atoms with E-state index in [-0.39, 0.29) is 11.0 Å². The topological polar surface area (TPSA) is 3.88 Å². The molecule has 1 aliphatic heterocycles. The summed E-state index contributed by atoms with van der Waals surface area (Å²) in [5.41, 5.74) is 9.03. The molecule has 1 nitrogen and oxygen atoms in total. The number of benzene rings is 2. The number of fused-ring (bicyclic) bond motifs is 8. The molecule has 0 bridgehead atoms. The molecule has 134 valence electrons. The molecule has 2 aliphatic rings. The summed E-state index contributed by atoms with van der Waals surface area (Å²) in [7, 11) is 0. The van der Waals surface area contributed by atoms with Crippen molar-refractivity contribution in [2.24, 2.45) is 0 Å². The highest BCUT2D eigenvalue weighted by molar-refractivity contribution is 5.95. The van der Waals surface area contributed by atoms with E-state index >= 15 is 0 Å². The Balaban J connectivity index is 0.000000814. The molecular weight excluding hydrogens is 314 g/mol. The third-order valence-corrected chi connectivity index (χ3v) is 6.69. The quantitative estimate of drug-likeness (QED) is 0.432. The molecule has 0 N–H and O–H groups in total. The lowest BCUT2D eigenvalue weighted by Crippen LogP contribution is -2.53. The van der Waals surface area contributed by atoms with Crippen LogP contribution < -0.4 is 4.57 Å². The van der Waals surface area contributed by atoms with Crippen LogP contribution in [-0.4, -0.2) is 0 Å². The summed E-state index contributed by atoms with van der Waals surface area (Å²) in [4.78, 5) is 0. The Morgan fingerprint density at radius 1 is 0.885 bits per heavy atom. The van der Waals surface area contributed by atoms with Gasteiger partial charge < -0.3 is 0 Å². The minimum absolute atomic E-state index is 0.202. The van der Waals surface area contributed by atoms with Crippen molar-refractivity contribution in [2.45, 2.75) is 65.8 Å². The van der Waals surface area contributed by atoms with Gasteiger partial charge in [0, 0.05) is 19.4 Å². The van der Waals surface area contributed by atoms with Crippen LogP contribution in [0.25, 0.3) is 22.0 Å². The summed E-state index contributed by atoms with van der Waals surface area (Å²) in [6.45, 7) is 15.6. The van der Waals surface area contributed by atoms with Gasteiger partial charge in [0.1, 0.15) is 0 Å². The van der Waals surface area contributed by atoms with Crippen LogP contribution in [0.2, 0.25) is 0 Å². The third kappa shape index (κ3) is 2.00. The van der Waals surface area contributed by atoms with E-state index in [2.05, 4.69) is 81.8 Å². The highest BCUT2D eigenvalue weighted by atomic mass is 15.1. The summed E-state index contributed by atoms with van der Waals surface area (Å²) in [6, 6.07) is 13.9. The molecule has 0 radical (unpaired) electrons. The fourth-order valence-corrected chi connectivity index (χ4v) is 5.31. The lowest BCUT2D eigenvalue weighted by Gasteiger charge is -2.28. The maximum absolute atomic E-state index is 2.57. The Labute approximate surface area is 157 Å². The van der Waals surface area contributed by atoms with E-state index in [0.29, 0.717) is 0 Å². The second-order valence-corrected chi connectivity index (χ2v) is 8.41. The number of hydrogen-bond acceptors (Lipinski definition) is 0. The average Bonchev–Trinajstić information content (AvgIpc) is 3.19. The Hall–Kier alpha value is -2.15. The predicted octanol–water partition coefficient (Wildman–Crippen LogP) is 6.14. The molecule has 1 aromatic heterocycles. The van der Waals surface area contributed by atoms with Gasteiger partial charge in [0.15, 0.2) is 11.7 Å². The fourth-order valence-electron chi connectivity index (χ4n) is 5.31. The highest BCUT2D eigenvalue weighted by Gasteiger charge is 2.73. The van der Waals surface area contributed by atoms with Crippen molar-refractivity contribution < 1.29 is 4.57 Å². The lowest BCUT2D eigenvalue weighted by atomic mass is 9.79. The van der Waals surface area contributed by atoms with Gasteiger partial charge in [0.05, 0.1) is 16.4 Å². The first-order valence-electron chi connectivity index (χ1n) is 9.93. The second-order valence-electron chi connectivity index (χ2n) is 8.41. The average molecular weight is 345 g/mol. The predicted molar refractivity (Wildman–Crippen MR) is 111 cm³/mol. The molecule has 3 aromatic rings. The molecule has 0 spiro atoms. The third-order valence-electron chi connectivity index (χ3n) is 6.69. The van der Waals surface area contributed by atoms with E-state index in [1.54, 1.807) is 5.56 Å². The van der Waals surface area contributed by atoms with Crippen molar-refractivity contribution in [3.63, 3.8) is 0 Å². The molecule has 1 aliphatic carbocycles. The SMILES string of the molecule is CC.Cc1cc(C)c2c(c1)-c1c3cc(C)ccc3cc[n+]1C1(C)CC21C. The van der Waals surface area contributed by atoms with Crippen LogP contribution >= 0.6 is 0 Å². The van der Waals surface area contributed by atoms with Crippen molar-refractivity contribution in [1.82, 2.24) is 0 Å². The molecule has 2 heterocycles. The zero-order valence-electron chi connectivity index (χ0n) is 17.2. The van der Waals surface area contributed by atoms with E-state index in [0.717, 1.165) is 0 Å². The number of pyridine rings is 1. The molecule has 2 aromatic carbocycles. The van der Waals surface area contributed by atoms with Gasteiger partial charge in [-0.3, -0.25) is 0 Å². The number of aryl methyl sites for hydroxylation is 3. The molecule has 5 rings (SSSR count). The summed E-state index contributed by atoms with van der Waals surface area (Å²) < 4.78 is 2.57. The second kappa shape index (κ2) is 5.42. The first-order valence-corrected chi connectivity index (χ1v) is 9.93. The van der Waals surface area contributed by atoms with Gasteiger partial charge in [-0.1, -0.05) is 43.2 Å². The standard InChI is InChI=1S/C23H24N.C2H6/c1-14-6-7-17-8-9-24-21(18(17)11-14)19-12-15(2)10-16(3)20(19)22(4)13-23(22,24)5;1-2/h6-12H,13H2,1-5H3;1-2H3/q+1;. The van der Waals surface area contributed by atoms with Crippen molar-refractivity contribution in [3.8, 4) is 11.3 Å². The van der Waals surface area contributed by atoms with Crippen LogP contribution in [0.5, 0.6) is 0 Å². The van der Waals surface area contributed by atoms with Crippen molar-refractivity contribution >= 4 is 10.8 Å². The van der Waals surface area contributed by atoms with E-state index in [4.69, 9.17) is 0 Å². The van der Waals surface area contributed by atoms with Gasteiger partial charge in [0.2, 0.25) is 5.69 Å². The molecule has 26 heavy (non-hydrogen) atoms. The zero-order valence-corrected chi connectivity index (χ0v) is 17.2.